The number of halogens is 2. The third kappa shape index (κ3) is 4.29. The molecule has 0 aliphatic rings. The van der Waals surface area contributed by atoms with Crippen LogP contribution in [0.2, 0.25) is 0 Å². The van der Waals surface area contributed by atoms with Crippen LogP contribution in [0.1, 0.15) is 18.9 Å². The first kappa shape index (κ1) is 16.0. The standard InChI is InChI=1S/C17H20BrFN2/c1-3-9-20-12-13-7-8-16(11-17(13)18)21(2)15-6-4-5-14(19)10-15/h4-8,10-11,20H,3,9,12H2,1-2H3. The van der Waals surface area contributed by atoms with Gasteiger partial charge in [-0.15, -0.1) is 0 Å². The number of hydrogen-bond acceptors (Lipinski definition) is 2. The van der Waals surface area contributed by atoms with Gasteiger partial charge in [0.25, 0.3) is 0 Å². The average Bonchev–Trinajstić information content (AvgIpc) is 2.48. The molecule has 112 valence electrons. The van der Waals surface area contributed by atoms with Crippen molar-refractivity contribution in [3.05, 3.63) is 58.3 Å². The van der Waals surface area contributed by atoms with Crippen molar-refractivity contribution >= 4 is 27.3 Å². The van der Waals surface area contributed by atoms with Crippen LogP contribution in [-0.4, -0.2) is 13.6 Å². The minimum atomic E-state index is -0.223. The van der Waals surface area contributed by atoms with Crippen LogP contribution in [0, 0.1) is 5.82 Å². The maximum absolute atomic E-state index is 13.3. The molecule has 21 heavy (non-hydrogen) atoms. The number of benzene rings is 2. The van der Waals surface area contributed by atoms with Gasteiger partial charge in [0.05, 0.1) is 0 Å². The van der Waals surface area contributed by atoms with E-state index < -0.39 is 0 Å². The molecule has 0 saturated carbocycles. The van der Waals surface area contributed by atoms with E-state index in [0.29, 0.717) is 0 Å². The van der Waals surface area contributed by atoms with Gasteiger partial charge in [-0.3, -0.25) is 0 Å². The Kier molecular flexibility index (Phi) is 5.76. The summed E-state index contributed by atoms with van der Waals surface area (Å²) in [5.74, 6) is -0.223. The van der Waals surface area contributed by atoms with E-state index in [1.807, 2.05) is 18.0 Å². The van der Waals surface area contributed by atoms with E-state index in [9.17, 15) is 4.39 Å². The Hall–Kier alpha value is -1.39. The van der Waals surface area contributed by atoms with Gasteiger partial charge in [0.15, 0.2) is 0 Å². The second-order valence-electron chi connectivity index (χ2n) is 4.99. The summed E-state index contributed by atoms with van der Waals surface area (Å²) in [5.41, 5.74) is 3.07. The quantitative estimate of drug-likeness (QED) is 0.748. The summed E-state index contributed by atoms with van der Waals surface area (Å²) in [6.07, 6.45) is 1.12. The lowest BCUT2D eigenvalue weighted by Gasteiger charge is -2.20. The lowest BCUT2D eigenvalue weighted by atomic mass is 10.2. The Morgan fingerprint density at radius 3 is 2.57 bits per heavy atom. The first-order valence-electron chi connectivity index (χ1n) is 7.10. The van der Waals surface area contributed by atoms with Crippen molar-refractivity contribution in [3.63, 3.8) is 0 Å². The van der Waals surface area contributed by atoms with E-state index in [2.05, 4.69) is 46.4 Å². The molecule has 0 unspecified atom stereocenters. The van der Waals surface area contributed by atoms with Gasteiger partial charge in [-0.1, -0.05) is 35.0 Å². The minimum Gasteiger partial charge on any atom is -0.345 e. The van der Waals surface area contributed by atoms with E-state index >= 15 is 0 Å². The molecule has 1 N–H and O–H groups in total. The summed E-state index contributed by atoms with van der Waals surface area (Å²) < 4.78 is 14.4. The number of nitrogens with one attached hydrogen (secondary N) is 1. The summed E-state index contributed by atoms with van der Waals surface area (Å²) in [4.78, 5) is 1.97. The van der Waals surface area contributed by atoms with Gasteiger partial charge in [0.1, 0.15) is 5.82 Å². The van der Waals surface area contributed by atoms with Gasteiger partial charge in [-0.05, 0) is 48.9 Å². The molecule has 2 aromatic rings. The monoisotopic (exact) mass is 350 g/mol. The van der Waals surface area contributed by atoms with Crippen molar-refractivity contribution in [2.24, 2.45) is 0 Å². The van der Waals surface area contributed by atoms with Gasteiger partial charge in [0, 0.05) is 29.4 Å². The first-order chi connectivity index (χ1) is 10.1. The van der Waals surface area contributed by atoms with E-state index in [0.717, 1.165) is 35.4 Å². The summed E-state index contributed by atoms with van der Waals surface area (Å²) in [6.45, 7) is 4.01. The Morgan fingerprint density at radius 2 is 1.90 bits per heavy atom. The molecule has 0 spiro atoms. The highest BCUT2D eigenvalue weighted by Gasteiger charge is 2.07. The van der Waals surface area contributed by atoms with Gasteiger partial charge < -0.3 is 10.2 Å². The molecule has 0 amide bonds. The van der Waals surface area contributed by atoms with Crippen molar-refractivity contribution in [1.29, 1.82) is 0 Å². The zero-order valence-electron chi connectivity index (χ0n) is 12.4. The second-order valence-corrected chi connectivity index (χ2v) is 5.85. The molecule has 2 aromatic carbocycles. The molecular weight excluding hydrogens is 331 g/mol. The lowest BCUT2D eigenvalue weighted by molar-refractivity contribution is 0.628. The molecule has 0 bridgehead atoms. The van der Waals surface area contributed by atoms with Crippen LogP contribution in [0.3, 0.4) is 0 Å². The van der Waals surface area contributed by atoms with Crippen molar-refractivity contribution in [2.45, 2.75) is 19.9 Å². The maximum atomic E-state index is 13.3. The normalized spacial score (nSPS) is 10.7. The molecule has 0 aromatic heterocycles. The Balaban J connectivity index is 2.15. The Morgan fingerprint density at radius 1 is 1.14 bits per heavy atom. The van der Waals surface area contributed by atoms with E-state index in [1.54, 1.807) is 6.07 Å². The highest BCUT2D eigenvalue weighted by molar-refractivity contribution is 9.10. The molecule has 4 heteroatoms. The topological polar surface area (TPSA) is 15.3 Å². The fourth-order valence-electron chi connectivity index (χ4n) is 2.12. The smallest absolute Gasteiger partial charge is 0.125 e. The summed E-state index contributed by atoms with van der Waals surface area (Å²) in [7, 11) is 1.94. The van der Waals surface area contributed by atoms with Crippen molar-refractivity contribution in [2.75, 3.05) is 18.5 Å². The van der Waals surface area contributed by atoms with Crippen LogP contribution in [0.5, 0.6) is 0 Å². The van der Waals surface area contributed by atoms with E-state index in [4.69, 9.17) is 0 Å². The first-order valence-corrected chi connectivity index (χ1v) is 7.89. The van der Waals surface area contributed by atoms with Crippen molar-refractivity contribution < 1.29 is 4.39 Å². The fourth-order valence-corrected chi connectivity index (χ4v) is 2.63. The summed E-state index contributed by atoms with van der Waals surface area (Å²) in [6, 6.07) is 12.8. The van der Waals surface area contributed by atoms with Crippen molar-refractivity contribution in [3.8, 4) is 0 Å². The largest absolute Gasteiger partial charge is 0.345 e. The third-order valence-electron chi connectivity index (χ3n) is 3.36. The highest BCUT2D eigenvalue weighted by atomic mass is 79.9. The molecule has 0 saturated heterocycles. The molecule has 0 heterocycles. The molecule has 0 fully saturated rings. The molecule has 0 aliphatic carbocycles. The van der Waals surface area contributed by atoms with Crippen LogP contribution >= 0.6 is 15.9 Å². The van der Waals surface area contributed by atoms with Crippen LogP contribution in [0.25, 0.3) is 0 Å². The van der Waals surface area contributed by atoms with Gasteiger partial charge in [-0.25, -0.2) is 4.39 Å². The number of rotatable bonds is 6. The van der Waals surface area contributed by atoms with Crippen molar-refractivity contribution in [1.82, 2.24) is 5.32 Å². The van der Waals surface area contributed by atoms with Gasteiger partial charge >= 0.3 is 0 Å². The summed E-state index contributed by atoms with van der Waals surface area (Å²) in [5, 5.41) is 3.39. The Labute approximate surface area is 134 Å². The second kappa shape index (κ2) is 7.57. The lowest BCUT2D eigenvalue weighted by Crippen LogP contribution is -2.14. The molecule has 0 atom stereocenters. The predicted molar refractivity (Wildman–Crippen MR) is 90.6 cm³/mol. The van der Waals surface area contributed by atoms with E-state index in [1.165, 1.54) is 17.7 Å². The zero-order chi connectivity index (χ0) is 15.2. The maximum Gasteiger partial charge on any atom is 0.125 e. The third-order valence-corrected chi connectivity index (χ3v) is 4.10. The van der Waals surface area contributed by atoms with Crippen LogP contribution in [0.15, 0.2) is 46.9 Å². The fraction of sp³-hybridized carbons (Fsp3) is 0.294. The predicted octanol–water partition coefficient (Wildman–Crippen LogP) is 4.86. The molecule has 0 radical (unpaired) electrons. The Bertz CT molecular complexity index is 601. The van der Waals surface area contributed by atoms with Gasteiger partial charge in [0.2, 0.25) is 0 Å². The highest BCUT2D eigenvalue weighted by Crippen LogP contribution is 2.28. The van der Waals surface area contributed by atoms with E-state index in [-0.39, 0.29) is 5.82 Å². The molecule has 2 rings (SSSR count). The minimum absolute atomic E-state index is 0.223. The number of anilines is 2. The molecule has 2 nitrogen and oxygen atoms in total. The van der Waals surface area contributed by atoms with Gasteiger partial charge in [-0.2, -0.15) is 0 Å². The molecular formula is C17H20BrFN2. The molecule has 0 aliphatic heterocycles. The summed E-state index contributed by atoms with van der Waals surface area (Å²) >= 11 is 3.61. The SMILES string of the molecule is CCCNCc1ccc(N(C)c2cccc(F)c2)cc1Br. The van der Waals surface area contributed by atoms with Crippen LogP contribution in [0.4, 0.5) is 15.8 Å². The average molecular weight is 351 g/mol. The van der Waals surface area contributed by atoms with Crippen LogP contribution < -0.4 is 10.2 Å². The number of nitrogens with zero attached hydrogens (tertiary/aromatic N) is 1. The number of hydrogen-bond donors (Lipinski definition) is 1. The van der Waals surface area contributed by atoms with Crippen LogP contribution in [-0.2, 0) is 6.54 Å². The zero-order valence-corrected chi connectivity index (χ0v) is 14.0.